The quantitative estimate of drug-likeness (QED) is 0.640. The highest BCUT2D eigenvalue weighted by molar-refractivity contribution is 5.34. The minimum Gasteiger partial charge on any atom is -0.391 e. The Morgan fingerprint density at radius 1 is 1.39 bits per heavy atom. The number of nitrogens with zero attached hydrogens (tertiary/aromatic N) is 4. The van der Waals surface area contributed by atoms with Crippen molar-refractivity contribution < 1.29 is 10.0 Å². The van der Waals surface area contributed by atoms with E-state index in [9.17, 15) is 15.2 Å². The Kier molecular flexibility index (Phi) is 3.71. The highest BCUT2D eigenvalue weighted by Crippen LogP contribution is 2.24. The molecule has 1 aromatic heterocycles. The molecular weight excluding hydrogens is 236 g/mol. The largest absolute Gasteiger partial charge is 0.391 e. The molecule has 0 radical (unpaired) electrons. The third-order valence-electron chi connectivity index (χ3n) is 3.34. The van der Waals surface area contributed by atoms with Crippen LogP contribution in [0.15, 0.2) is 12.4 Å². The van der Waals surface area contributed by atoms with Gasteiger partial charge in [0.1, 0.15) is 12.4 Å². The average Bonchev–Trinajstić information content (AvgIpc) is 2.38. The molecule has 98 valence electrons. The zero-order valence-electron chi connectivity index (χ0n) is 10.2. The summed E-state index contributed by atoms with van der Waals surface area (Å²) < 4.78 is 0. The van der Waals surface area contributed by atoms with E-state index in [0.717, 1.165) is 25.7 Å². The van der Waals surface area contributed by atoms with Crippen LogP contribution in [0.5, 0.6) is 0 Å². The molecule has 0 saturated heterocycles. The smallest absolute Gasteiger partial charge is 0.305 e. The van der Waals surface area contributed by atoms with Gasteiger partial charge < -0.3 is 10.0 Å². The van der Waals surface area contributed by atoms with Crippen molar-refractivity contribution in [3.63, 3.8) is 0 Å². The maximum absolute atomic E-state index is 10.5. The number of likely N-dealkylation sites (N-methyl/N-ethyl adjacent to an activating group) is 1. The second kappa shape index (κ2) is 5.26. The van der Waals surface area contributed by atoms with Crippen LogP contribution < -0.4 is 4.90 Å². The molecule has 1 aromatic rings. The van der Waals surface area contributed by atoms with Crippen molar-refractivity contribution in [1.82, 2.24) is 9.97 Å². The summed E-state index contributed by atoms with van der Waals surface area (Å²) in [5.74, 6) is 0.409. The second-order valence-electron chi connectivity index (χ2n) is 4.53. The first-order valence-electron chi connectivity index (χ1n) is 5.97. The van der Waals surface area contributed by atoms with Gasteiger partial charge in [0.2, 0.25) is 5.95 Å². The maximum atomic E-state index is 10.5. The van der Waals surface area contributed by atoms with Crippen molar-refractivity contribution in [2.45, 2.75) is 37.8 Å². The Bertz CT molecular complexity index is 423. The molecule has 7 nitrogen and oxygen atoms in total. The SMILES string of the molecule is CN(c1ncc([N+](=O)[O-])cn1)C1CCCCC1O. The summed E-state index contributed by atoms with van der Waals surface area (Å²) >= 11 is 0. The number of aromatic nitrogens is 2. The van der Waals surface area contributed by atoms with E-state index < -0.39 is 4.92 Å². The topological polar surface area (TPSA) is 92.4 Å². The Morgan fingerprint density at radius 2 is 2.00 bits per heavy atom. The molecule has 0 amide bonds. The van der Waals surface area contributed by atoms with Crippen LogP contribution in [0.1, 0.15) is 25.7 Å². The highest BCUT2D eigenvalue weighted by atomic mass is 16.6. The Balaban J connectivity index is 2.12. The molecule has 1 fully saturated rings. The lowest BCUT2D eigenvalue weighted by molar-refractivity contribution is -0.385. The fourth-order valence-electron chi connectivity index (χ4n) is 2.28. The predicted octanol–water partition coefficient (Wildman–Crippen LogP) is 1.12. The lowest BCUT2D eigenvalue weighted by Crippen LogP contribution is -2.44. The van der Waals surface area contributed by atoms with Crippen LogP contribution >= 0.6 is 0 Å². The summed E-state index contributed by atoms with van der Waals surface area (Å²) in [4.78, 5) is 19.7. The minimum atomic E-state index is -0.529. The van der Waals surface area contributed by atoms with Gasteiger partial charge in [-0.05, 0) is 12.8 Å². The number of nitro groups is 1. The van der Waals surface area contributed by atoms with Gasteiger partial charge in [0.25, 0.3) is 0 Å². The summed E-state index contributed by atoms with van der Waals surface area (Å²) in [5, 5.41) is 20.4. The Hall–Kier alpha value is -1.76. The summed E-state index contributed by atoms with van der Waals surface area (Å²) in [6, 6.07) is -0.0137. The van der Waals surface area contributed by atoms with E-state index in [1.54, 1.807) is 11.9 Å². The van der Waals surface area contributed by atoms with E-state index in [0.29, 0.717) is 5.95 Å². The summed E-state index contributed by atoms with van der Waals surface area (Å²) in [6.07, 6.45) is 5.76. The van der Waals surface area contributed by atoms with Gasteiger partial charge in [-0.15, -0.1) is 0 Å². The van der Waals surface area contributed by atoms with Gasteiger partial charge in [-0.25, -0.2) is 9.97 Å². The van der Waals surface area contributed by atoms with Gasteiger partial charge in [0.05, 0.1) is 17.1 Å². The van der Waals surface area contributed by atoms with Gasteiger partial charge in [-0.3, -0.25) is 10.1 Å². The molecular formula is C11H16N4O3. The molecule has 2 rings (SSSR count). The average molecular weight is 252 g/mol. The van der Waals surface area contributed by atoms with Crippen molar-refractivity contribution in [2.24, 2.45) is 0 Å². The normalized spacial score (nSPS) is 23.7. The fourth-order valence-corrected chi connectivity index (χ4v) is 2.28. The van der Waals surface area contributed by atoms with Crippen molar-refractivity contribution in [1.29, 1.82) is 0 Å². The molecule has 2 atom stereocenters. The molecule has 2 unspecified atom stereocenters. The fraction of sp³-hybridized carbons (Fsp3) is 0.636. The van der Waals surface area contributed by atoms with E-state index in [2.05, 4.69) is 9.97 Å². The lowest BCUT2D eigenvalue weighted by atomic mass is 9.92. The number of anilines is 1. The van der Waals surface area contributed by atoms with Crippen LogP contribution in [0.3, 0.4) is 0 Å². The van der Waals surface area contributed by atoms with E-state index in [1.807, 2.05) is 0 Å². The van der Waals surface area contributed by atoms with Gasteiger partial charge >= 0.3 is 5.69 Å². The maximum Gasteiger partial charge on any atom is 0.305 e. The summed E-state index contributed by atoms with van der Waals surface area (Å²) in [5.41, 5.74) is -0.128. The summed E-state index contributed by atoms with van der Waals surface area (Å²) in [7, 11) is 1.81. The third-order valence-corrected chi connectivity index (χ3v) is 3.34. The number of hydrogen-bond donors (Lipinski definition) is 1. The van der Waals surface area contributed by atoms with Crippen molar-refractivity contribution in [3.05, 3.63) is 22.5 Å². The standard InChI is InChI=1S/C11H16N4O3/c1-14(9-4-2-3-5-10(9)16)11-12-6-8(7-13-11)15(17)18/h6-7,9-10,16H,2-5H2,1H3. The minimum absolute atomic E-state index is 0.0137. The van der Waals surface area contributed by atoms with E-state index in [4.69, 9.17) is 0 Å². The first kappa shape index (κ1) is 12.7. The van der Waals surface area contributed by atoms with Crippen LogP contribution in [0, 0.1) is 10.1 Å². The van der Waals surface area contributed by atoms with E-state index in [1.165, 1.54) is 12.4 Å². The monoisotopic (exact) mass is 252 g/mol. The number of aliphatic hydroxyl groups is 1. The molecule has 1 heterocycles. The second-order valence-corrected chi connectivity index (χ2v) is 4.53. The highest BCUT2D eigenvalue weighted by Gasteiger charge is 2.28. The van der Waals surface area contributed by atoms with Crippen LogP contribution in [-0.4, -0.2) is 39.2 Å². The molecule has 1 saturated carbocycles. The first-order chi connectivity index (χ1) is 8.59. The molecule has 0 aliphatic heterocycles. The Morgan fingerprint density at radius 3 is 2.56 bits per heavy atom. The number of aliphatic hydroxyl groups excluding tert-OH is 1. The summed E-state index contributed by atoms with van der Waals surface area (Å²) in [6.45, 7) is 0. The van der Waals surface area contributed by atoms with Crippen LogP contribution in [0.25, 0.3) is 0 Å². The molecule has 0 bridgehead atoms. The van der Waals surface area contributed by atoms with Crippen molar-refractivity contribution >= 4 is 11.6 Å². The van der Waals surface area contributed by atoms with E-state index in [-0.39, 0.29) is 17.8 Å². The van der Waals surface area contributed by atoms with Gasteiger partial charge in [-0.2, -0.15) is 0 Å². The zero-order valence-corrected chi connectivity index (χ0v) is 10.2. The zero-order chi connectivity index (χ0) is 13.1. The molecule has 1 aliphatic rings. The van der Waals surface area contributed by atoms with Crippen LogP contribution in [0.2, 0.25) is 0 Å². The Labute approximate surface area is 105 Å². The first-order valence-corrected chi connectivity index (χ1v) is 5.97. The molecule has 7 heteroatoms. The van der Waals surface area contributed by atoms with Gasteiger partial charge in [0.15, 0.2) is 0 Å². The third kappa shape index (κ3) is 2.56. The molecule has 0 spiro atoms. The number of rotatable bonds is 3. The van der Waals surface area contributed by atoms with Crippen molar-refractivity contribution in [2.75, 3.05) is 11.9 Å². The van der Waals surface area contributed by atoms with Gasteiger partial charge in [-0.1, -0.05) is 12.8 Å². The predicted molar refractivity (Wildman–Crippen MR) is 65.4 cm³/mol. The molecule has 1 aliphatic carbocycles. The van der Waals surface area contributed by atoms with Crippen molar-refractivity contribution in [3.8, 4) is 0 Å². The molecule has 1 N–H and O–H groups in total. The van der Waals surface area contributed by atoms with Crippen LogP contribution in [-0.2, 0) is 0 Å². The molecule has 18 heavy (non-hydrogen) atoms. The van der Waals surface area contributed by atoms with E-state index >= 15 is 0 Å². The molecule has 0 aromatic carbocycles. The van der Waals surface area contributed by atoms with Crippen LogP contribution in [0.4, 0.5) is 11.6 Å². The van der Waals surface area contributed by atoms with Gasteiger partial charge in [0, 0.05) is 7.05 Å². The lowest BCUT2D eigenvalue weighted by Gasteiger charge is -2.35. The number of hydrogen-bond acceptors (Lipinski definition) is 6.